The summed E-state index contributed by atoms with van der Waals surface area (Å²) in [7, 11) is 0. The van der Waals surface area contributed by atoms with Crippen LogP contribution >= 0.6 is 34.2 Å². The molecule has 3 aromatic carbocycles. The van der Waals surface area contributed by atoms with Gasteiger partial charge in [0.15, 0.2) is 0 Å². The van der Waals surface area contributed by atoms with Crippen molar-refractivity contribution in [1.29, 1.82) is 0 Å². The van der Waals surface area contributed by atoms with Crippen molar-refractivity contribution in [3.63, 3.8) is 0 Å². The largest absolute Gasteiger partial charge is 0.507 e. The van der Waals surface area contributed by atoms with Crippen LogP contribution < -0.4 is 5.56 Å². The Bertz CT molecular complexity index is 1260. The van der Waals surface area contributed by atoms with Crippen LogP contribution in [0.1, 0.15) is 11.4 Å². The number of rotatable bonds is 3. The molecular weight excluding hydrogens is 487 g/mol. The lowest BCUT2D eigenvalue weighted by atomic mass is 10.2. The van der Waals surface area contributed by atoms with Crippen molar-refractivity contribution in [1.82, 2.24) is 9.55 Å². The zero-order valence-electron chi connectivity index (χ0n) is 14.5. The Morgan fingerprint density at radius 1 is 1.00 bits per heavy atom. The maximum atomic E-state index is 13.3. The van der Waals surface area contributed by atoms with Gasteiger partial charge in [-0.3, -0.25) is 9.36 Å². The van der Waals surface area contributed by atoms with Gasteiger partial charge in [-0.05, 0) is 83.3 Å². The normalized spacial score (nSPS) is 11.4. The van der Waals surface area contributed by atoms with Crippen molar-refractivity contribution in [2.24, 2.45) is 0 Å². The second-order valence-corrected chi connectivity index (χ2v) is 7.82. The van der Waals surface area contributed by atoms with Crippen LogP contribution in [0.5, 0.6) is 5.75 Å². The van der Waals surface area contributed by atoms with E-state index in [0.717, 1.165) is 3.57 Å². The van der Waals surface area contributed by atoms with E-state index >= 15 is 0 Å². The van der Waals surface area contributed by atoms with E-state index in [4.69, 9.17) is 11.6 Å². The molecule has 1 aromatic heterocycles. The van der Waals surface area contributed by atoms with E-state index in [1.54, 1.807) is 59.2 Å². The number of hydrogen-bond donors (Lipinski definition) is 1. The summed E-state index contributed by atoms with van der Waals surface area (Å²) in [5, 5.41) is 11.1. The minimum Gasteiger partial charge on any atom is -0.507 e. The number of benzene rings is 3. The molecule has 0 spiro atoms. The molecule has 1 N–H and O–H groups in total. The molecule has 28 heavy (non-hydrogen) atoms. The third-order valence-electron chi connectivity index (χ3n) is 4.29. The van der Waals surface area contributed by atoms with Gasteiger partial charge < -0.3 is 5.11 Å². The van der Waals surface area contributed by atoms with Crippen LogP contribution in [0, 0.1) is 3.57 Å². The second-order valence-electron chi connectivity index (χ2n) is 6.14. The number of para-hydroxylation sites is 1. The Hall–Kier alpha value is -2.64. The molecule has 0 aliphatic carbocycles. The van der Waals surface area contributed by atoms with Crippen molar-refractivity contribution in [3.8, 4) is 11.4 Å². The van der Waals surface area contributed by atoms with Gasteiger partial charge in [0.25, 0.3) is 5.56 Å². The molecule has 0 radical (unpaired) electrons. The summed E-state index contributed by atoms with van der Waals surface area (Å²) in [6, 6.07) is 19.6. The fourth-order valence-corrected chi connectivity index (χ4v) is 3.54. The summed E-state index contributed by atoms with van der Waals surface area (Å²) >= 11 is 8.18. The van der Waals surface area contributed by atoms with Crippen LogP contribution in [0.4, 0.5) is 0 Å². The van der Waals surface area contributed by atoms with Crippen molar-refractivity contribution < 1.29 is 5.11 Å². The first kappa shape index (κ1) is 18.7. The quantitative estimate of drug-likeness (QED) is 0.377. The maximum absolute atomic E-state index is 13.3. The van der Waals surface area contributed by atoms with E-state index in [2.05, 4.69) is 27.6 Å². The van der Waals surface area contributed by atoms with Crippen LogP contribution in [-0.4, -0.2) is 14.7 Å². The van der Waals surface area contributed by atoms with Gasteiger partial charge in [-0.25, -0.2) is 4.98 Å². The number of phenols is 1. The molecule has 0 bridgehead atoms. The van der Waals surface area contributed by atoms with E-state index in [9.17, 15) is 9.90 Å². The summed E-state index contributed by atoms with van der Waals surface area (Å²) in [6.45, 7) is 0. The van der Waals surface area contributed by atoms with Gasteiger partial charge in [0.2, 0.25) is 0 Å². The van der Waals surface area contributed by atoms with Crippen LogP contribution in [0.15, 0.2) is 71.5 Å². The highest BCUT2D eigenvalue weighted by Gasteiger charge is 2.12. The first-order valence-electron chi connectivity index (χ1n) is 8.47. The maximum Gasteiger partial charge on any atom is 0.266 e. The van der Waals surface area contributed by atoms with Crippen molar-refractivity contribution in [2.75, 3.05) is 0 Å². The molecule has 4 rings (SSSR count). The molecule has 138 valence electrons. The Morgan fingerprint density at radius 3 is 2.50 bits per heavy atom. The smallest absolute Gasteiger partial charge is 0.266 e. The lowest BCUT2D eigenvalue weighted by Crippen LogP contribution is -2.22. The average molecular weight is 501 g/mol. The van der Waals surface area contributed by atoms with Gasteiger partial charge in [0.05, 0.1) is 16.6 Å². The zero-order chi connectivity index (χ0) is 19.7. The third kappa shape index (κ3) is 3.68. The molecule has 0 unspecified atom stereocenters. The Morgan fingerprint density at radius 2 is 1.75 bits per heavy atom. The summed E-state index contributed by atoms with van der Waals surface area (Å²) in [6.07, 6.45) is 3.46. The SMILES string of the molecule is O=c1c2cc(I)ccc2nc(/C=C/c2ccccc2O)n1-c1ccc(Cl)cc1. The Labute approximate surface area is 179 Å². The number of fused-ring (bicyclic) bond motifs is 1. The minimum atomic E-state index is -0.164. The van der Waals surface area contributed by atoms with Gasteiger partial charge >= 0.3 is 0 Å². The molecule has 0 saturated carbocycles. The van der Waals surface area contributed by atoms with Gasteiger partial charge in [0.1, 0.15) is 11.6 Å². The molecule has 0 saturated heterocycles. The zero-order valence-corrected chi connectivity index (χ0v) is 17.4. The Kier molecular flexibility index (Phi) is 5.19. The number of nitrogens with zero attached hydrogens (tertiary/aromatic N) is 2. The number of aromatic hydroxyl groups is 1. The molecule has 0 atom stereocenters. The monoisotopic (exact) mass is 500 g/mol. The predicted molar refractivity (Wildman–Crippen MR) is 122 cm³/mol. The summed E-state index contributed by atoms with van der Waals surface area (Å²) in [4.78, 5) is 17.9. The predicted octanol–water partition coefficient (Wildman–Crippen LogP) is 5.52. The standard InChI is InChI=1S/C22H14ClIN2O2/c23-15-6-9-17(10-7-15)26-21(12-5-14-3-1-2-4-20(14)27)25-19-11-8-16(24)13-18(19)22(26)28/h1-13,27H/b12-5+. The molecule has 4 aromatic rings. The molecule has 0 fully saturated rings. The fraction of sp³-hybridized carbons (Fsp3) is 0. The minimum absolute atomic E-state index is 0.162. The average Bonchev–Trinajstić information content (AvgIpc) is 2.69. The van der Waals surface area contributed by atoms with Crippen molar-refractivity contribution in [2.45, 2.75) is 0 Å². The van der Waals surface area contributed by atoms with Crippen molar-refractivity contribution in [3.05, 3.63) is 97.1 Å². The number of hydrogen-bond acceptors (Lipinski definition) is 3. The highest BCUT2D eigenvalue weighted by Crippen LogP contribution is 2.21. The number of halogens is 2. The first-order valence-corrected chi connectivity index (χ1v) is 9.93. The molecule has 0 aliphatic heterocycles. The van der Waals surface area contributed by atoms with E-state index in [-0.39, 0.29) is 11.3 Å². The van der Waals surface area contributed by atoms with Crippen LogP contribution in [-0.2, 0) is 0 Å². The highest BCUT2D eigenvalue weighted by molar-refractivity contribution is 14.1. The first-order chi connectivity index (χ1) is 13.5. The summed E-state index contributed by atoms with van der Waals surface area (Å²) < 4.78 is 2.51. The molecular formula is C22H14ClIN2O2. The lowest BCUT2D eigenvalue weighted by Gasteiger charge is -2.12. The van der Waals surface area contributed by atoms with Gasteiger partial charge in [-0.15, -0.1) is 0 Å². The van der Waals surface area contributed by atoms with Crippen molar-refractivity contribution >= 4 is 57.2 Å². The number of aromatic nitrogens is 2. The fourth-order valence-electron chi connectivity index (χ4n) is 2.92. The van der Waals surface area contributed by atoms with E-state index in [1.165, 1.54) is 0 Å². The van der Waals surface area contributed by atoms with E-state index in [0.29, 0.717) is 33.0 Å². The van der Waals surface area contributed by atoms with Gasteiger partial charge in [-0.1, -0.05) is 29.8 Å². The molecule has 0 aliphatic rings. The summed E-state index contributed by atoms with van der Waals surface area (Å²) in [5.74, 6) is 0.624. The van der Waals surface area contributed by atoms with Gasteiger partial charge in [0, 0.05) is 14.2 Å². The molecule has 0 amide bonds. The molecule has 1 heterocycles. The third-order valence-corrected chi connectivity index (χ3v) is 5.21. The lowest BCUT2D eigenvalue weighted by molar-refractivity contribution is 0.474. The Balaban J connectivity index is 1.97. The van der Waals surface area contributed by atoms with E-state index < -0.39 is 0 Å². The van der Waals surface area contributed by atoms with E-state index in [1.807, 2.05) is 24.3 Å². The number of phenolic OH excluding ortho intramolecular Hbond substituents is 1. The topological polar surface area (TPSA) is 55.1 Å². The van der Waals surface area contributed by atoms with Crippen LogP contribution in [0.3, 0.4) is 0 Å². The van der Waals surface area contributed by atoms with Gasteiger partial charge in [-0.2, -0.15) is 0 Å². The molecule has 6 heteroatoms. The van der Waals surface area contributed by atoms with Crippen LogP contribution in [0.25, 0.3) is 28.7 Å². The second kappa shape index (κ2) is 7.77. The van der Waals surface area contributed by atoms with Crippen LogP contribution in [0.2, 0.25) is 5.02 Å². The molecule has 4 nitrogen and oxygen atoms in total. The summed E-state index contributed by atoms with van der Waals surface area (Å²) in [5.41, 5.74) is 1.76. The highest BCUT2D eigenvalue weighted by atomic mass is 127.